The van der Waals surface area contributed by atoms with Crippen LogP contribution >= 0.6 is 0 Å². The van der Waals surface area contributed by atoms with E-state index in [1.807, 2.05) is 16.0 Å². The van der Waals surface area contributed by atoms with Crippen molar-refractivity contribution in [1.29, 1.82) is 0 Å². The van der Waals surface area contributed by atoms with E-state index >= 15 is 0 Å². The van der Waals surface area contributed by atoms with Crippen molar-refractivity contribution in [3.63, 3.8) is 0 Å². The van der Waals surface area contributed by atoms with E-state index < -0.39 is 24.0 Å². The Labute approximate surface area is 274 Å². The van der Waals surface area contributed by atoms with E-state index in [1.54, 1.807) is 27.1 Å². The van der Waals surface area contributed by atoms with Gasteiger partial charge in [-0.25, -0.2) is 0 Å². The Morgan fingerprint density at radius 2 is 0.955 bits per heavy atom. The normalized spacial score (nSPS) is 17.6. The molecular formula is C41H50NSiTi. The van der Waals surface area contributed by atoms with Crippen molar-refractivity contribution in [3.05, 3.63) is 142 Å². The summed E-state index contributed by atoms with van der Waals surface area (Å²) in [5.41, 5.74) is 7.34. The minimum Gasteiger partial charge on any atom is -0.0622 e. The predicted molar refractivity (Wildman–Crippen MR) is 191 cm³/mol. The number of nitrogens with one attached hydrogen (secondary N) is 1. The molecular weight excluding hydrogens is 582 g/mol. The molecule has 1 fully saturated rings. The topological polar surface area (TPSA) is 12.0 Å². The van der Waals surface area contributed by atoms with E-state index in [0.717, 1.165) is 0 Å². The first-order chi connectivity index (χ1) is 21.5. The van der Waals surface area contributed by atoms with Gasteiger partial charge in [0.1, 0.15) is 0 Å². The molecule has 4 aromatic rings. The fraction of sp³-hybridized carbons (Fsp3) is 0.317. The van der Waals surface area contributed by atoms with Crippen molar-refractivity contribution in [1.82, 2.24) is 3.80 Å². The molecule has 0 bridgehead atoms. The molecule has 2 aliphatic rings. The fourth-order valence-corrected chi connectivity index (χ4v) is 23.2. The molecule has 0 amide bonds. The first-order valence-corrected chi connectivity index (χ1v) is 22.8. The van der Waals surface area contributed by atoms with E-state index in [0.29, 0.717) is 12.0 Å². The van der Waals surface area contributed by atoms with Crippen molar-refractivity contribution in [3.8, 4) is 11.1 Å². The van der Waals surface area contributed by atoms with Crippen molar-refractivity contribution in [2.45, 2.75) is 78.7 Å². The van der Waals surface area contributed by atoms with Crippen LogP contribution in [0, 0.1) is 5.92 Å². The molecule has 0 spiro atoms. The molecule has 0 radical (unpaired) electrons. The second-order valence-corrected chi connectivity index (χ2v) is 22.5. The van der Waals surface area contributed by atoms with E-state index in [-0.39, 0.29) is 0 Å². The third kappa shape index (κ3) is 8.29. The largest absolute Gasteiger partial charge is 0.0622 e. The molecule has 1 unspecified atom stereocenters. The minimum atomic E-state index is -1.80. The van der Waals surface area contributed by atoms with Gasteiger partial charge in [0.2, 0.25) is 0 Å². The number of benzene rings is 4. The van der Waals surface area contributed by atoms with Crippen LogP contribution in [0.3, 0.4) is 0 Å². The van der Waals surface area contributed by atoms with Crippen molar-refractivity contribution in [2.24, 2.45) is 5.92 Å². The van der Waals surface area contributed by atoms with Crippen LogP contribution in [0.2, 0.25) is 0 Å². The monoisotopic (exact) mass is 632 g/mol. The van der Waals surface area contributed by atoms with E-state index in [2.05, 4.69) is 141 Å². The molecule has 0 aromatic heterocycles. The molecule has 0 saturated heterocycles. The number of hydrogen-bond donors (Lipinski definition) is 1. The van der Waals surface area contributed by atoms with Crippen LogP contribution in [0.1, 0.15) is 72.6 Å². The van der Waals surface area contributed by atoms with Gasteiger partial charge in [-0.3, -0.25) is 0 Å². The Hall–Kier alpha value is -2.75. The third-order valence-electron chi connectivity index (χ3n) is 9.83. The second-order valence-electron chi connectivity index (χ2n) is 12.7. The average Bonchev–Trinajstić information content (AvgIpc) is 3.25. The van der Waals surface area contributed by atoms with Gasteiger partial charge in [0.25, 0.3) is 0 Å². The molecule has 1 nitrogen and oxygen atoms in total. The SMILES string of the molecule is CC1=C(C)C(C)[C]([Ti]([NH]C2CCCCCCC2)[SiH](c2ccccc2)c2ccccc2)=C1C.c1ccc(-c2ccccc2)cc1. The summed E-state index contributed by atoms with van der Waals surface area (Å²) in [4.78, 5) is 0. The summed E-state index contributed by atoms with van der Waals surface area (Å²) in [7, 11) is 0. The van der Waals surface area contributed by atoms with Crippen molar-refractivity contribution < 1.29 is 17.4 Å². The van der Waals surface area contributed by atoms with Crippen molar-refractivity contribution in [2.75, 3.05) is 0 Å². The van der Waals surface area contributed by atoms with Gasteiger partial charge in [-0.15, -0.1) is 0 Å². The molecule has 1 N–H and O–H groups in total. The molecule has 227 valence electrons. The predicted octanol–water partition coefficient (Wildman–Crippen LogP) is 9.37. The van der Waals surface area contributed by atoms with Crippen molar-refractivity contribution >= 4 is 17.0 Å². The van der Waals surface area contributed by atoms with Gasteiger partial charge in [-0.2, -0.15) is 0 Å². The summed E-state index contributed by atoms with van der Waals surface area (Å²) in [6.45, 7) is 8.27. The molecule has 1 atom stereocenters. The zero-order valence-corrected chi connectivity index (χ0v) is 29.9. The Morgan fingerprint density at radius 1 is 0.545 bits per heavy atom. The van der Waals surface area contributed by atoms with E-state index in [4.69, 9.17) is 0 Å². The Kier molecular flexibility index (Phi) is 12.3. The first kappa shape index (κ1) is 32.6. The Bertz CT molecular complexity index is 1410. The maximum absolute atomic E-state index is 4.51. The third-order valence-corrected chi connectivity index (χ3v) is 23.6. The number of rotatable bonds is 7. The van der Waals surface area contributed by atoms with Gasteiger partial charge in [0.05, 0.1) is 0 Å². The fourth-order valence-electron chi connectivity index (χ4n) is 7.01. The number of allylic oxidation sites excluding steroid dienone is 4. The van der Waals surface area contributed by atoms with Crippen LogP contribution in [-0.4, -0.2) is 12.7 Å². The zero-order valence-electron chi connectivity index (χ0n) is 27.2. The smallest absolute Gasteiger partial charge is 0.0184 e. The minimum absolute atomic E-state index is 0.605. The average molecular weight is 633 g/mol. The van der Waals surface area contributed by atoms with Crippen LogP contribution < -0.4 is 14.2 Å². The Balaban J connectivity index is 0.000000266. The van der Waals surface area contributed by atoms with Crippen LogP contribution in [-0.2, 0) is 17.4 Å². The second kappa shape index (κ2) is 16.5. The van der Waals surface area contributed by atoms with Gasteiger partial charge in [0, 0.05) is 0 Å². The van der Waals surface area contributed by atoms with Gasteiger partial charge in [0.15, 0.2) is 0 Å². The maximum atomic E-state index is 4.51. The molecule has 0 heterocycles. The van der Waals surface area contributed by atoms with Gasteiger partial charge < -0.3 is 0 Å². The summed E-state index contributed by atoms with van der Waals surface area (Å²) in [5, 5.41) is 3.25. The molecule has 6 rings (SSSR count). The summed E-state index contributed by atoms with van der Waals surface area (Å²) in [6, 6.07) is 44.6. The molecule has 1 saturated carbocycles. The molecule has 3 heteroatoms. The van der Waals surface area contributed by atoms with Gasteiger partial charge in [-0.1, -0.05) is 60.7 Å². The van der Waals surface area contributed by atoms with E-state index in [9.17, 15) is 0 Å². The maximum Gasteiger partial charge on any atom is -0.0184 e. The molecule has 0 aliphatic heterocycles. The van der Waals surface area contributed by atoms with Crippen LogP contribution in [0.5, 0.6) is 0 Å². The molecule has 2 aliphatic carbocycles. The zero-order chi connectivity index (χ0) is 30.7. The standard InChI is InChI=1S/C12H11Si.C12H10.C9H13.C8H16N.Ti/c1-3-7-11(8-4-1)13-12-9-5-2-6-10-12;1-3-7-11(8-4-1)12-9-5-2-6-10-12;1-6-5-7(2)9(4)8(6)3;9-8-6-4-2-1-3-5-7-8;/h1-10,13H;1-10H;6H,1-4H3;8-9H,1-7H2;/q;;;-1;+1. The molecule has 44 heavy (non-hydrogen) atoms. The van der Waals surface area contributed by atoms with Gasteiger partial charge in [-0.05, 0) is 11.1 Å². The van der Waals surface area contributed by atoms with Gasteiger partial charge >= 0.3 is 204 Å². The first-order valence-electron chi connectivity index (χ1n) is 16.8. The molecule has 4 aromatic carbocycles. The van der Waals surface area contributed by atoms with Crippen LogP contribution in [0.15, 0.2) is 142 Å². The summed E-state index contributed by atoms with van der Waals surface area (Å²) in [5.74, 6) is 0.605. The summed E-state index contributed by atoms with van der Waals surface area (Å²) >= 11 is -1.80. The van der Waals surface area contributed by atoms with Crippen LogP contribution in [0.4, 0.5) is 0 Å². The number of hydrogen-bond acceptors (Lipinski definition) is 1. The summed E-state index contributed by atoms with van der Waals surface area (Å²) in [6.07, 6.45) is 9.81. The van der Waals surface area contributed by atoms with Crippen LogP contribution in [0.25, 0.3) is 11.1 Å². The van der Waals surface area contributed by atoms with E-state index in [1.165, 1.54) is 56.1 Å². The summed E-state index contributed by atoms with van der Waals surface area (Å²) < 4.78 is 6.35. The Morgan fingerprint density at radius 3 is 1.36 bits per heavy atom. The quantitative estimate of drug-likeness (QED) is 0.200.